The van der Waals surface area contributed by atoms with Crippen LogP contribution in [0.2, 0.25) is 0 Å². The summed E-state index contributed by atoms with van der Waals surface area (Å²) in [5, 5.41) is 6.65. The molecule has 0 spiro atoms. The van der Waals surface area contributed by atoms with Crippen molar-refractivity contribution in [1.29, 1.82) is 0 Å². The molecule has 0 saturated heterocycles. The molecular formula is C16H14N6O. The number of benzene rings is 1. The highest BCUT2D eigenvalue weighted by Gasteiger charge is 2.23. The molecule has 7 heteroatoms. The Labute approximate surface area is 131 Å². The standard InChI is InChI=1S/C16H14N6O/c1-2-9(1)19-15-14-12(5-6-23-14)21-16(22-15)20-10-3-4-11-13(7-10)18-8-17-11/h3-9H,1-2H2,(H,17,18)(H2,19,20,21,22). The van der Waals surface area contributed by atoms with E-state index in [-0.39, 0.29) is 0 Å². The highest BCUT2D eigenvalue weighted by molar-refractivity contribution is 5.86. The van der Waals surface area contributed by atoms with E-state index >= 15 is 0 Å². The Morgan fingerprint density at radius 2 is 2.09 bits per heavy atom. The van der Waals surface area contributed by atoms with Gasteiger partial charge in [-0.15, -0.1) is 0 Å². The first kappa shape index (κ1) is 12.5. The van der Waals surface area contributed by atoms with Crippen LogP contribution in [0.4, 0.5) is 17.5 Å². The number of nitrogens with one attached hydrogen (secondary N) is 3. The largest absolute Gasteiger partial charge is 0.459 e. The molecule has 0 radical (unpaired) electrons. The molecule has 7 nitrogen and oxygen atoms in total. The number of rotatable bonds is 4. The lowest BCUT2D eigenvalue weighted by Gasteiger charge is -2.08. The summed E-state index contributed by atoms with van der Waals surface area (Å²) in [6.07, 6.45) is 5.66. The van der Waals surface area contributed by atoms with Crippen LogP contribution in [0.15, 0.2) is 41.3 Å². The van der Waals surface area contributed by atoms with Crippen LogP contribution in [-0.2, 0) is 0 Å². The summed E-state index contributed by atoms with van der Waals surface area (Å²) in [5.74, 6) is 1.29. The van der Waals surface area contributed by atoms with Gasteiger partial charge >= 0.3 is 0 Å². The van der Waals surface area contributed by atoms with Crippen molar-refractivity contribution in [3.05, 3.63) is 36.9 Å². The van der Waals surface area contributed by atoms with Gasteiger partial charge in [-0.3, -0.25) is 0 Å². The summed E-state index contributed by atoms with van der Waals surface area (Å²) in [6.45, 7) is 0. The summed E-state index contributed by atoms with van der Waals surface area (Å²) in [7, 11) is 0. The summed E-state index contributed by atoms with van der Waals surface area (Å²) in [4.78, 5) is 16.4. The van der Waals surface area contributed by atoms with Crippen molar-refractivity contribution in [3.8, 4) is 0 Å². The Bertz CT molecular complexity index is 1000. The van der Waals surface area contributed by atoms with Gasteiger partial charge < -0.3 is 20.0 Å². The first-order valence-electron chi connectivity index (χ1n) is 7.57. The maximum Gasteiger partial charge on any atom is 0.229 e. The lowest BCUT2D eigenvalue weighted by Crippen LogP contribution is -2.06. The van der Waals surface area contributed by atoms with E-state index in [2.05, 4.69) is 30.6 Å². The Balaban J connectivity index is 1.53. The number of furan rings is 1. The van der Waals surface area contributed by atoms with Crippen molar-refractivity contribution >= 4 is 39.6 Å². The van der Waals surface area contributed by atoms with E-state index in [1.807, 2.05) is 24.3 Å². The Morgan fingerprint density at radius 3 is 3.00 bits per heavy atom. The van der Waals surface area contributed by atoms with Crippen molar-refractivity contribution in [1.82, 2.24) is 19.9 Å². The number of imidazole rings is 1. The lowest BCUT2D eigenvalue weighted by molar-refractivity contribution is 0.614. The van der Waals surface area contributed by atoms with Crippen LogP contribution in [0, 0.1) is 0 Å². The predicted molar refractivity (Wildman–Crippen MR) is 87.8 cm³/mol. The number of aromatic nitrogens is 4. The molecule has 1 aliphatic rings. The molecule has 3 heterocycles. The average Bonchev–Trinajstić information content (AvgIpc) is 3.06. The van der Waals surface area contributed by atoms with Gasteiger partial charge in [0.1, 0.15) is 5.52 Å². The minimum absolute atomic E-state index is 0.493. The van der Waals surface area contributed by atoms with Gasteiger partial charge in [-0.1, -0.05) is 0 Å². The minimum Gasteiger partial charge on any atom is -0.459 e. The molecule has 114 valence electrons. The van der Waals surface area contributed by atoms with Gasteiger partial charge in [-0.25, -0.2) is 9.97 Å². The normalized spacial score (nSPS) is 14.4. The van der Waals surface area contributed by atoms with Crippen molar-refractivity contribution in [2.75, 3.05) is 10.6 Å². The van der Waals surface area contributed by atoms with E-state index in [0.29, 0.717) is 17.6 Å². The molecular weight excluding hydrogens is 292 g/mol. The molecule has 0 aliphatic heterocycles. The van der Waals surface area contributed by atoms with Gasteiger partial charge in [-0.05, 0) is 31.0 Å². The maximum atomic E-state index is 5.50. The molecule has 3 aromatic heterocycles. The number of hydrogen-bond acceptors (Lipinski definition) is 6. The maximum absolute atomic E-state index is 5.50. The van der Waals surface area contributed by atoms with Gasteiger partial charge in [0.05, 0.1) is 23.6 Å². The Hall–Kier alpha value is -3.09. The van der Waals surface area contributed by atoms with Gasteiger partial charge in [0.25, 0.3) is 0 Å². The van der Waals surface area contributed by atoms with E-state index in [9.17, 15) is 0 Å². The highest BCUT2D eigenvalue weighted by atomic mass is 16.3. The van der Waals surface area contributed by atoms with Gasteiger partial charge in [-0.2, -0.15) is 4.98 Å². The molecule has 4 aromatic rings. The molecule has 1 aliphatic carbocycles. The van der Waals surface area contributed by atoms with E-state index in [0.717, 1.165) is 28.1 Å². The van der Waals surface area contributed by atoms with Crippen LogP contribution in [0.1, 0.15) is 12.8 Å². The van der Waals surface area contributed by atoms with Gasteiger partial charge in [0.15, 0.2) is 11.4 Å². The number of anilines is 3. The van der Waals surface area contributed by atoms with Gasteiger partial charge in [0.2, 0.25) is 5.95 Å². The summed E-state index contributed by atoms with van der Waals surface area (Å²) in [5.41, 5.74) is 4.29. The minimum atomic E-state index is 0.493. The monoisotopic (exact) mass is 306 g/mol. The first-order chi connectivity index (χ1) is 11.3. The number of aromatic amines is 1. The smallest absolute Gasteiger partial charge is 0.229 e. The third kappa shape index (κ3) is 2.26. The average molecular weight is 306 g/mol. The first-order valence-corrected chi connectivity index (χ1v) is 7.57. The quantitative estimate of drug-likeness (QED) is 0.535. The molecule has 23 heavy (non-hydrogen) atoms. The third-order valence-electron chi connectivity index (χ3n) is 3.90. The molecule has 0 amide bonds. The van der Waals surface area contributed by atoms with E-state index in [4.69, 9.17) is 4.42 Å². The molecule has 0 atom stereocenters. The summed E-state index contributed by atoms with van der Waals surface area (Å²) >= 11 is 0. The fourth-order valence-electron chi connectivity index (χ4n) is 2.58. The zero-order valence-electron chi connectivity index (χ0n) is 12.2. The second kappa shape index (κ2) is 4.70. The van der Waals surface area contributed by atoms with Crippen LogP contribution >= 0.6 is 0 Å². The zero-order valence-corrected chi connectivity index (χ0v) is 12.2. The van der Waals surface area contributed by atoms with Crippen molar-refractivity contribution in [2.45, 2.75) is 18.9 Å². The van der Waals surface area contributed by atoms with Crippen LogP contribution in [-0.4, -0.2) is 26.0 Å². The van der Waals surface area contributed by atoms with Crippen LogP contribution in [0.25, 0.3) is 22.1 Å². The fraction of sp³-hybridized carbons (Fsp3) is 0.188. The molecule has 1 aromatic carbocycles. The summed E-state index contributed by atoms with van der Waals surface area (Å²) in [6, 6.07) is 8.23. The second-order valence-corrected chi connectivity index (χ2v) is 5.71. The Morgan fingerprint density at radius 1 is 1.13 bits per heavy atom. The topological polar surface area (TPSA) is 91.7 Å². The van der Waals surface area contributed by atoms with Crippen LogP contribution < -0.4 is 10.6 Å². The van der Waals surface area contributed by atoms with Crippen molar-refractivity contribution in [2.24, 2.45) is 0 Å². The highest BCUT2D eigenvalue weighted by Crippen LogP contribution is 2.30. The second-order valence-electron chi connectivity index (χ2n) is 5.71. The predicted octanol–water partition coefficient (Wildman–Crippen LogP) is 3.42. The fourth-order valence-corrected chi connectivity index (χ4v) is 2.58. The van der Waals surface area contributed by atoms with Crippen LogP contribution in [0.5, 0.6) is 0 Å². The van der Waals surface area contributed by atoms with E-state index in [1.165, 1.54) is 12.8 Å². The van der Waals surface area contributed by atoms with E-state index < -0.39 is 0 Å². The number of H-pyrrole nitrogens is 1. The molecule has 1 fully saturated rings. The Kier molecular flexibility index (Phi) is 2.55. The molecule has 3 N–H and O–H groups in total. The van der Waals surface area contributed by atoms with Crippen LogP contribution in [0.3, 0.4) is 0 Å². The molecule has 0 bridgehead atoms. The third-order valence-corrected chi connectivity index (χ3v) is 3.90. The summed E-state index contributed by atoms with van der Waals surface area (Å²) < 4.78 is 5.50. The number of nitrogens with zero attached hydrogens (tertiary/aromatic N) is 3. The lowest BCUT2D eigenvalue weighted by atomic mass is 10.3. The number of hydrogen-bond donors (Lipinski definition) is 3. The molecule has 5 rings (SSSR count). The van der Waals surface area contributed by atoms with Gasteiger partial charge in [0, 0.05) is 17.8 Å². The van der Waals surface area contributed by atoms with Crippen molar-refractivity contribution in [3.63, 3.8) is 0 Å². The zero-order chi connectivity index (χ0) is 15.2. The van der Waals surface area contributed by atoms with E-state index in [1.54, 1.807) is 12.6 Å². The molecule has 0 unspecified atom stereocenters. The van der Waals surface area contributed by atoms with Crippen molar-refractivity contribution < 1.29 is 4.42 Å². The SMILES string of the molecule is c1nc2ccc(Nc3nc(NC4CC4)c4occc4n3)cc2[nH]1. The number of fused-ring (bicyclic) bond motifs is 2. The molecule has 1 saturated carbocycles.